The first-order valence-electron chi connectivity index (χ1n) is 6.68. The lowest BCUT2D eigenvalue weighted by Crippen LogP contribution is -2.21. The molecule has 1 unspecified atom stereocenters. The second-order valence-corrected chi connectivity index (χ2v) is 6.39. The quantitative estimate of drug-likeness (QED) is 0.785. The summed E-state index contributed by atoms with van der Waals surface area (Å²) in [5.41, 5.74) is 2.86. The van der Waals surface area contributed by atoms with E-state index in [0.717, 1.165) is 22.2 Å². The zero-order valence-electron chi connectivity index (χ0n) is 11.2. The smallest absolute Gasteiger partial charge is 0.178 e. The maximum absolute atomic E-state index is 9.19. The molecule has 1 aliphatic carbocycles. The van der Waals surface area contributed by atoms with Gasteiger partial charge in [0.1, 0.15) is 6.07 Å². The monoisotopic (exact) mass is 271 g/mol. The highest BCUT2D eigenvalue weighted by atomic mass is 32.1. The van der Waals surface area contributed by atoms with Gasteiger partial charge < -0.3 is 9.55 Å². The van der Waals surface area contributed by atoms with Crippen LogP contribution in [-0.2, 0) is 0 Å². The molecule has 0 saturated heterocycles. The number of hydrogen-bond acceptors (Lipinski definition) is 2. The number of fused-ring (bicyclic) bond motifs is 1. The molecule has 1 N–H and O–H groups in total. The summed E-state index contributed by atoms with van der Waals surface area (Å²) < 4.78 is 2.95. The predicted octanol–water partition coefficient (Wildman–Crippen LogP) is 4.32. The maximum atomic E-state index is 9.19. The van der Waals surface area contributed by atoms with Crippen molar-refractivity contribution in [1.82, 2.24) is 9.55 Å². The SMILES string of the molecule is CC1(C)CCCC1n1c(=S)[nH]c2c(C#N)cccc21. The van der Waals surface area contributed by atoms with E-state index in [2.05, 4.69) is 35.5 Å². The van der Waals surface area contributed by atoms with Crippen molar-refractivity contribution in [2.24, 2.45) is 5.41 Å². The predicted molar refractivity (Wildman–Crippen MR) is 78.5 cm³/mol. The third-order valence-electron chi connectivity index (χ3n) is 4.39. The molecule has 0 radical (unpaired) electrons. The van der Waals surface area contributed by atoms with E-state index in [4.69, 9.17) is 12.2 Å². The minimum Gasteiger partial charge on any atom is -0.329 e. The number of nitrogens with one attached hydrogen (secondary N) is 1. The van der Waals surface area contributed by atoms with Gasteiger partial charge in [0, 0.05) is 6.04 Å². The van der Waals surface area contributed by atoms with E-state index in [9.17, 15) is 5.26 Å². The standard InChI is InChI=1S/C15H17N3S/c1-15(2)8-4-7-12(15)18-11-6-3-5-10(9-16)13(11)17-14(18)19/h3,5-6,12H,4,7-8H2,1-2H3,(H,17,19). The Balaban J connectivity index is 2.28. The summed E-state index contributed by atoms with van der Waals surface area (Å²) in [7, 11) is 0. The molecular weight excluding hydrogens is 254 g/mol. The van der Waals surface area contributed by atoms with Crippen LogP contribution in [0.4, 0.5) is 0 Å². The molecule has 1 aromatic carbocycles. The molecule has 3 nitrogen and oxygen atoms in total. The third kappa shape index (κ3) is 1.81. The van der Waals surface area contributed by atoms with E-state index in [1.54, 1.807) is 0 Å². The largest absolute Gasteiger partial charge is 0.329 e. The van der Waals surface area contributed by atoms with E-state index in [1.165, 1.54) is 12.8 Å². The van der Waals surface area contributed by atoms with Crippen LogP contribution >= 0.6 is 12.2 Å². The molecule has 1 aliphatic rings. The topological polar surface area (TPSA) is 44.5 Å². The fraction of sp³-hybridized carbons (Fsp3) is 0.467. The molecule has 1 saturated carbocycles. The van der Waals surface area contributed by atoms with Crippen molar-refractivity contribution in [2.75, 3.05) is 0 Å². The van der Waals surface area contributed by atoms with E-state index in [1.807, 2.05) is 12.1 Å². The van der Waals surface area contributed by atoms with Crippen LogP contribution in [0.1, 0.15) is 44.7 Å². The van der Waals surface area contributed by atoms with Crippen molar-refractivity contribution in [3.05, 3.63) is 28.5 Å². The van der Waals surface area contributed by atoms with Crippen LogP contribution in [0.2, 0.25) is 0 Å². The highest BCUT2D eigenvalue weighted by Gasteiger charge is 2.36. The van der Waals surface area contributed by atoms with Crippen LogP contribution in [0.25, 0.3) is 11.0 Å². The number of nitriles is 1. The molecule has 0 aliphatic heterocycles. The first kappa shape index (κ1) is 12.4. The molecule has 0 bridgehead atoms. The molecule has 0 amide bonds. The lowest BCUT2D eigenvalue weighted by atomic mass is 9.87. The van der Waals surface area contributed by atoms with Crippen molar-refractivity contribution >= 4 is 23.3 Å². The molecule has 0 spiro atoms. The van der Waals surface area contributed by atoms with Gasteiger partial charge in [-0.15, -0.1) is 0 Å². The summed E-state index contributed by atoms with van der Waals surface area (Å²) in [6, 6.07) is 8.47. The van der Waals surface area contributed by atoms with Crippen LogP contribution in [0, 0.1) is 21.5 Å². The molecule has 2 aromatic rings. The van der Waals surface area contributed by atoms with E-state index in [-0.39, 0.29) is 5.41 Å². The summed E-state index contributed by atoms with van der Waals surface area (Å²) in [5, 5.41) is 9.19. The summed E-state index contributed by atoms with van der Waals surface area (Å²) >= 11 is 5.50. The molecule has 1 aromatic heterocycles. The van der Waals surface area contributed by atoms with Crippen LogP contribution in [0.3, 0.4) is 0 Å². The number of H-pyrrole nitrogens is 1. The Hall–Kier alpha value is -1.60. The first-order chi connectivity index (χ1) is 9.04. The van der Waals surface area contributed by atoms with Crippen LogP contribution in [-0.4, -0.2) is 9.55 Å². The molecule has 3 rings (SSSR count). The number of imidazole rings is 1. The Morgan fingerprint density at radius 3 is 2.89 bits per heavy atom. The Morgan fingerprint density at radius 2 is 2.26 bits per heavy atom. The highest BCUT2D eigenvalue weighted by Crippen LogP contribution is 2.47. The molecule has 19 heavy (non-hydrogen) atoms. The van der Waals surface area contributed by atoms with Crippen molar-refractivity contribution in [3.8, 4) is 6.07 Å². The second-order valence-electron chi connectivity index (χ2n) is 6.01. The highest BCUT2D eigenvalue weighted by molar-refractivity contribution is 7.71. The van der Waals surface area contributed by atoms with Gasteiger partial charge in [-0.25, -0.2) is 0 Å². The third-order valence-corrected chi connectivity index (χ3v) is 4.68. The van der Waals surface area contributed by atoms with Gasteiger partial charge in [0.05, 0.1) is 16.6 Å². The lowest BCUT2D eigenvalue weighted by Gasteiger charge is -2.28. The first-order valence-corrected chi connectivity index (χ1v) is 7.09. The molecule has 4 heteroatoms. The Morgan fingerprint density at radius 1 is 1.47 bits per heavy atom. The Bertz CT molecular complexity index is 730. The second kappa shape index (κ2) is 4.21. The van der Waals surface area contributed by atoms with Gasteiger partial charge in [-0.05, 0) is 42.6 Å². The van der Waals surface area contributed by atoms with Crippen LogP contribution in [0.15, 0.2) is 18.2 Å². The zero-order valence-corrected chi connectivity index (χ0v) is 12.0. The molecule has 98 valence electrons. The maximum Gasteiger partial charge on any atom is 0.178 e. The molecule has 1 heterocycles. The number of aromatic nitrogens is 2. The van der Waals surface area contributed by atoms with Crippen LogP contribution in [0.5, 0.6) is 0 Å². The van der Waals surface area contributed by atoms with Gasteiger partial charge in [-0.2, -0.15) is 5.26 Å². The fourth-order valence-electron chi connectivity index (χ4n) is 3.34. The number of aromatic amines is 1. The summed E-state index contributed by atoms with van der Waals surface area (Å²) in [6.45, 7) is 4.61. The Kier molecular flexibility index (Phi) is 2.75. The van der Waals surface area contributed by atoms with E-state index < -0.39 is 0 Å². The molecule has 1 fully saturated rings. The number of nitrogens with zero attached hydrogens (tertiary/aromatic N) is 2. The van der Waals surface area contributed by atoms with Gasteiger partial charge in [0.15, 0.2) is 4.77 Å². The van der Waals surface area contributed by atoms with Gasteiger partial charge in [0.25, 0.3) is 0 Å². The minimum absolute atomic E-state index is 0.260. The normalized spacial score (nSPS) is 21.6. The van der Waals surface area contributed by atoms with Gasteiger partial charge in [0.2, 0.25) is 0 Å². The van der Waals surface area contributed by atoms with Crippen LogP contribution < -0.4 is 0 Å². The van der Waals surface area contributed by atoms with Gasteiger partial charge in [-0.1, -0.05) is 26.3 Å². The summed E-state index contributed by atoms with van der Waals surface area (Å²) in [5.74, 6) is 0. The van der Waals surface area contributed by atoms with Gasteiger partial charge in [-0.3, -0.25) is 0 Å². The molecule has 1 atom stereocenters. The number of para-hydroxylation sites is 1. The zero-order chi connectivity index (χ0) is 13.6. The average Bonchev–Trinajstić information content (AvgIpc) is 2.87. The lowest BCUT2D eigenvalue weighted by molar-refractivity contribution is 0.264. The fourth-order valence-corrected chi connectivity index (χ4v) is 3.67. The number of hydrogen-bond donors (Lipinski definition) is 1. The van der Waals surface area contributed by atoms with Crippen molar-refractivity contribution in [1.29, 1.82) is 5.26 Å². The molecular formula is C15H17N3S. The van der Waals surface area contributed by atoms with E-state index >= 15 is 0 Å². The van der Waals surface area contributed by atoms with Crippen molar-refractivity contribution in [2.45, 2.75) is 39.2 Å². The van der Waals surface area contributed by atoms with E-state index in [0.29, 0.717) is 11.6 Å². The van der Waals surface area contributed by atoms with Crippen molar-refractivity contribution in [3.63, 3.8) is 0 Å². The number of benzene rings is 1. The average molecular weight is 271 g/mol. The van der Waals surface area contributed by atoms with Gasteiger partial charge >= 0.3 is 0 Å². The number of rotatable bonds is 1. The Labute approximate surface area is 117 Å². The minimum atomic E-state index is 0.260. The summed E-state index contributed by atoms with van der Waals surface area (Å²) in [6.07, 6.45) is 3.62. The van der Waals surface area contributed by atoms with Crippen molar-refractivity contribution < 1.29 is 0 Å². The summed E-state index contributed by atoms with van der Waals surface area (Å²) in [4.78, 5) is 3.22.